The third-order valence-electron chi connectivity index (χ3n) is 5.07. The summed E-state index contributed by atoms with van der Waals surface area (Å²) >= 11 is 0. The fourth-order valence-electron chi connectivity index (χ4n) is 3.73. The first kappa shape index (κ1) is 16.9. The van der Waals surface area contributed by atoms with Crippen molar-refractivity contribution in [3.8, 4) is 0 Å². The minimum Gasteiger partial charge on any atom is -0.370 e. The van der Waals surface area contributed by atoms with E-state index in [9.17, 15) is 0 Å². The van der Waals surface area contributed by atoms with Gasteiger partial charge in [0.15, 0.2) is 6.10 Å². The van der Waals surface area contributed by atoms with Crippen LogP contribution in [0.4, 0.5) is 0 Å². The van der Waals surface area contributed by atoms with Crippen molar-refractivity contribution in [2.24, 2.45) is 9.98 Å². The summed E-state index contributed by atoms with van der Waals surface area (Å²) in [6.45, 7) is 0. The molecular weight excluding hydrogens is 352 g/mol. The van der Waals surface area contributed by atoms with Crippen LogP contribution in [0.15, 0.2) is 64.3 Å². The number of H-pyrrole nitrogens is 2. The lowest BCUT2D eigenvalue weighted by Gasteiger charge is -2.30. The van der Waals surface area contributed by atoms with Crippen LogP contribution in [0.2, 0.25) is 0 Å². The smallest absolute Gasteiger partial charge is 0.210 e. The molecule has 0 spiro atoms. The van der Waals surface area contributed by atoms with Crippen LogP contribution >= 0.6 is 0 Å². The molecule has 2 aromatic rings. The summed E-state index contributed by atoms with van der Waals surface area (Å²) in [5.74, 6) is 0. The molecule has 28 heavy (non-hydrogen) atoms. The van der Waals surface area contributed by atoms with E-state index in [0.717, 1.165) is 39.2 Å². The topological polar surface area (TPSA) is 74.8 Å². The summed E-state index contributed by atoms with van der Waals surface area (Å²) in [4.78, 5) is 16.3. The lowest BCUT2D eigenvalue weighted by molar-refractivity contribution is -0.0481. The average molecular weight is 372 g/mol. The number of rotatable bonds is 2. The lowest BCUT2D eigenvalue weighted by Crippen LogP contribution is -2.45. The van der Waals surface area contributed by atoms with Crippen molar-refractivity contribution in [3.63, 3.8) is 0 Å². The maximum atomic E-state index is 5.81. The third kappa shape index (κ3) is 2.83. The monoisotopic (exact) mass is 372 g/mol. The number of nitrogens with zero attached hydrogens (tertiary/aromatic N) is 2. The van der Waals surface area contributed by atoms with Crippen LogP contribution in [-0.2, 0) is 9.47 Å². The molecule has 2 atom stereocenters. The number of aliphatic imine (C=N–C) groups is 2. The van der Waals surface area contributed by atoms with E-state index in [4.69, 9.17) is 19.5 Å². The number of nitrogens with one attached hydrogen (secondary N) is 2. The van der Waals surface area contributed by atoms with Gasteiger partial charge in [0.25, 0.3) is 0 Å². The van der Waals surface area contributed by atoms with E-state index in [1.165, 1.54) is 0 Å². The Labute approximate surface area is 162 Å². The highest BCUT2D eigenvalue weighted by atomic mass is 16.5. The van der Waals surface area contributed by atoms with Crippen LogP contribution in [0.1, 0.15) is 11.4 Å². The number of methoxy groups -OCH3 is 2. The zero-order valence-electron chi connectivity index (χ0n) is 15.6. The fourth-order valence-corrected chi connectivity index (χ4v) is 3.73. The molecule has 6 nitrogen and oxygen atoms in total. The van der Waals surface area contributed by atoms with Gasteiger partial charge in [-0.2, -0.15) is 0 Å². The molecule has 0 aliphatic carbocycles. The molecule has 2 unspecified atom stereocenters. The SMILES string of the molecule is COC1C2=NC(=Cc3ccc([nH]3)C=c3ccc([nH]3)=CC3=NC1(OC)C=C3)C=C2. The molecule has 8 bridgehead atoms. The molecule has 0 radical (unpaired) electrons. The van der Waals surface area contributed by atoms with Crippen molar-refractivity contribution in [3.05, 3.63) is 76.4 Å². The number of hydrogen-bond donors (Lipinski definition) is 2. The Bertz CT molecular complexity index is 1210. The Balaban J connectivity index is 1.72. The number of aromatic nitrogens is 2. The third-order valence-corrected chi connectivity index (χ3v) is 5.07. The number of hydrogen-bond acceptors (Lipinski definition) is 4. The first-order valence-corrected chi connectivity index (χ1v) is 9.10. The second kappa shape index (κ2) is 6.44. The van der Waals surface area contributed by atoms with Gasteiger partial charge in [-0.05, 0) is 66.8 Å². The van der Waals surface area contributed by atoms with Gasteiger partial charge in [-0.3, -0.25) is 4.99 Å². The van der Waals surface area contributed by atoms with E-state index in [-0.39, 0.29) is 0 Å². The van der Waals surface area contributed by atoms with E-state index in [2.05, 4.69) is 16.0 Å². The minimum absolute atomic E-state index is 0.457. The van der Waals surface area contributed by atoms with Gasteiger partial charge in [-0.15, -0.1) is 0 Å². The number of fused-ring (bicyclic) bond motifs is 6. The van der Waals surface area contributed by atoms with E-state index >= 15 is 0 Å². The molecule has 140 valence electrons. The summed E-state index contributed by atoms with van der Waals surface area (Å²) in [5, 5.41) is 1.98. The van der Waals surface area contributed by atoms with Crippen molar-refractivity contribution >= 4 is 29.7 Å². The second-order valence-electron chi connectivity index (χ2n) is 6.91. The average Bonchev–Trinajstić information content (AvgIpc) is 3.47. The highest BCUT2D eigenvalue weighted by Gasteiger charge is 2.42. The van der Waals surface area contributed by atoms with E-state index in [0.29, 0.717) is 0 Å². The Morgan fingerprint density at radius 1 is 0.893 bits per heavy atom. The molecule has 2 N–H and O–H groups in total. The minimum atomic E-state index is -0.947. The summed E-state index contributed by atoms with van der Waals surface area (Å²) in [6.07, 6.45) is 13.4. The molecule has 3 aliphatic heterocycles. The zero-order valence-corrected chi connectivity index (χ0v) is 15.6. The highest BCUT2D eigenvalue weighted by molar-refractivity contribution is 6.19. The number of allylic oxidation sites excluding steroid dienone is 2. The van der Waals surface area contributed by atoms with Gasteiger partial charge in [0.2, 0.25) is 5.72 Å². The maximum Gasteiger partial charge on any atom is 0.210 e. The molecule has 0 aromatic carbocycles. The van der Waals surface area contributed by atoms with E-state index in [1.807, 2.05) is 60.7 Å². The van der Waals surface area contributed by atoms with Gasteiger partial charge in [0.1, 0.15) is 0 Å². The van der Waals surface area contributed by atoms with Crippen LogP contribution in [0.3, 0.4) is 0 Å². The normalized spacial score (nSPS) is 25.1. The van der Waals surface area contributed by atoms with Crippen LogP contribution in [-0.4, -0.2) is 47.4 Å². The molecule has 5 rings (SSSR count). The number of ether oxygens (including phenoxy) is 2. The summed E-state index contributed by atoms with van der Waals surface area (Å²) in [7, 11) is 3.29. The second-order valence-corrected chi connectivity index (χ2v) is 6.91. The molecule has 5 heterocycles. The highest BCUT2D eigenvalue weighted by Crippen LogP contribution is 2.30. The van der Waals surface area contributed by atoms with Crippen LogP contribution in [0.25, 0.3) is 18.2 Å². The van der Waals surface area contributed by atoms with Gasteiger partial charge >= 0.3 is 0 Å². The zero-order chi connectivity index (χ0) is 19.1. The summed E-state index contributed by atoms with van der Waals surface area (Å²) in [5.41, 5.74) is 3.49. The van der Waals surface area contributed by atoms with Crippen molar-refractivity contribution in [2.75, 3.05) is 14.2 Å². The van der Waals surface area contributed by atoms with E-state index < -0.39 is 11.8 Å². The molecular formula is C22H20N4O2. The van der Waals surface area contributed by atoms with E-state index in [1.54, 1.807) is 14.2 Å². The molecule has 0 saturated carbocycles. The predicted octanol–water partition coefficient (Wildman–Crippen LogP) is 1.69. The Morgan fingerprint density at radius 2 is 1.68 bits per heavy atom. The molecule has 3 aliphatic rings. The molecule has 2 aromatic heterocycles. The molecule has 0 fully saturated rings. The summed E-state index contributed by atoms with van der Waals surface area (Å²) < 4.78 is 11.6. The quantitative estimate of drug-likeness (QED) is 0.842. The van der Waals surface area contributed by atoms with Gasteiger partial charge in [0, 0.05) is 36.3 Å². The first-order valence-electron chi connectivity index (χ1n) is 9.10. The molecule has 6 heteroatoms. The molecule has 0 saturated heterocycles. The van der Waals surface area contributed by atoms with Gasteiger partial charge < -0.3 is 19.4 Å². The Kier molecular flexibility index (Phi) is 3.89. The largest absolute Gasteiger partial charge is 0.370 e. The van der Waals surface area contributed by atoms with Gasteiger partial charge in [-0.1, -0.05) is 0 Å². The van der Waals surface area contributed by atoms with Crippen molar-refractivity contribution in [1.29, 1.82) is 0 Å². The van der Waals surface area contributed by atoms with Crippen LogP contribution in [0, 0.1) is 0 Å². The van der Waals surface area contributed by atoms with Crippen molar-refractivity contribution in [1.82, 2.24) is 9.97 Å². The lowest BCUT2D eigenvalue weighted by atomic mass is 10.0. The number of aromatic amines is 2. The van der Waals surface area contributed by atoms with Crippen molar-refractivity contribution in [2.45, 2.75) is 11.8 Å². The van der Waals surface area contributed by atoms with Gasteiger partial charge in [0.05, 0.1) is 17.1 Å². The van der Waals surface area contributed by atoms with Crippen LogP contribution in [0.5, 0.6) is 0 Å². The summed E-state index contributed by atoms with van der Waals surface area (Å²) in [6, 6.07) is 8.15. The fraction of sp³-hybridized carbons (Fsp3) is 0.182. The molecule has 0 amide bonds. The maximum absolute atomic E-state index is 5.81. The Morgan fingerprint density at radius 3 is 2.46 bits per heavy atom. The first-order chi connectivity index (χ1) is 13.7. The predicted molar refractivity (Wildman–Crippen MR) is 111 cm³/mol. The van der Waals surface area contributed by atoms with Crippen molar-refractivity contribution < 1.29 is 9.47 Å². The van der Waals surface area contributed by atoms with Gasteiger partial charge in [-0.25, -0.2) is 4.99 Å². The Hall–Kier alpha value is -3.22. The standard InChI is InChI=1S/C22H20N4O2/c1-27-21-20-8-7-18(25-20)12-16-4-3-14(23-16)11-15-5-6-17(24-15)13-19-9-10-22(21,26-19)28-2/h3-13,21,23-24H,1-2H3. The van der Waals surface area contributed by atoms with Crippen LogP contribution < -0.4 is 10.7 Å².